The number of benzene rings is 1. The summed E-state index contributed by atoms with van der Waals surface area (Å²) < 4.78 is 11.2. The van der Waals surface area contributed by atoms with Crippen LogP contribution in [0.4, 0.5) is 0 Å². The summed E-state index contributed by atoms with van der Waals surface area (Å²) in [5.74, 6) is 0.732. The lowest BCUT2D eigenvalue weighted by atomic mass is 10.0. The Labute approximate surface area is 144 Å². The average molecular weight is 332 g/mol. The van der Waals surface area contributed by atoms with Gasteiger partial charge >= 0.3 is 0 Å². The van der Waals surface area contributed by atoms with E-state index in [1.807, 2.05) is 29.2 Å². The second-order valence-electron chi connectivity index (χ2n) is 6.93. The highest BCUT2D eigenvalue weighted by Gasteiger charge is 2.32. The molecule has 2 heterocycles. The third-order valence-corrected chi connectivity index (χ3v) is 5.05. The Morgan fingerprint density at radius 1 is 1.12 bits per heavy atom. The number of nitrogens with zero attached hydrogens (tertiary/aromatic N) is 2. The molecule has 0 aliphatic carbocycles. The van der Waals surface area contributed by atoms with E-state index in [2.05, 4.69) is 18.7 Å². The van der Waals surface area contributed by atoms with Gasteiger partial charge in [-0.3, -0.25) is 9.69 Å². The van der Waals surface area contributed by atoms with Crippen LogP contribution in [0, 0.1) is 0 Å². The minimum Gasteiger partial charge on any atom is -0.496 e. The first-order valence-corrected chi connectivity index (χ1v) is 8.90. The maximum Gasteiger partial charge on any atom is 0.257 e. The number of carbonyl (C=O) groups is 1. The van der Waals surface area contributed by atoms with Gasteiger partial charge < -0.3 is 14.4 Å². The maximum atomic E-state index is 12.8. The number of likely N-dealkylation sites (tertiary alicyclic amines) is 1. The Hall–Kier alpha value is -1.59. The van der Waals surface area contributed by atoms with Crippen LogP contribution in [0.5, 0.6) is 5.75 Å². The van der Waals surface area contributed by atoms with Gasteiger partial charge in [-0.1, -0.05) is 12.1 Å². The molecule has 0 unspecified atom stereocenters. The molecule has 2 saturated heterocycles. The highest BCUT2D eigenvalue weighted by atomic mass is 16.5. The van der Waals surface area contributed by atoms with Crippen LogP contribution in [0.25, 0.3) is 0 Å². The molecule has 3 rings (SSSR count). The van der Waals surface area contributed by atoms with Crippen LogP contribution in [-0.4, -0.2) is 67.2 Å². The molecule has 1 aromatic carbocycles. The second kappa shape index (κ2) is 7.53. The number of ether oxygens (including phenoxy) is 2. The van der Waals surface area contributed by atoms with Crippen LogP contribution in [0.15, 0.2) is 24.3 Å². The first-order chi connectivity index (χ1) is 11.6. The van der Waals surface area contributed by atoms with Gasteiger partial charge in [0.1, 0.15) is 5.75 Å². The van der Waals surface area contributed by atoms with Crippen LogP contribution in [0.3, 0.4) is 0 Å². The van der Waals surface area contributed by atoms with Gasteiger partial charge in [0.2, 0.25) is 0 Å². The standard InChI is InChI=1S/C19H28N2O3/c1-14-12-21(13-15(2)24-14)16-8-10-20(11-9-16)19(22)17-6-4-5-7-18(17)23-3/h4-7,14-16H,8-13H2,1-3H3/t14-,15+. The predicted octanol–water partition coefficient (Wildman–Crippen LogP) is 2.41. The smallest absolute Gasteiger partial charge is 0.257 e. The number of morpholine rings is 1. The minimum atomic E-state index is 0.0783. The van der Waals surface area contributed by atoms with Crippen molar-refractivity contribution in [3.05, 3.63) is 29.8 Å². The Morgan fingerprint density at radius 2 is 1.75 bits per heavy atom. The highest BCUT2D eigenvalue weighted by Crippen LogP contribution is 2.24. The Morgan fingerprint density at radius 3 is 2.38 bits per heavy atom. The van der Waals surface area contributed by atoms with Gasteiger partial charge in [0.25, 0.3) is 5.91 Å². The summed E-state index contributed by atoms with van der Waals surface area (Å²) in [6.45, 7) is 7.89. The number of rotatable bonds is 3. The van der Waals surface area contributed by atoms with Crippen LogP contribution < -0.4 is 4.74 Å². The van der Waals surface area contributed by atoms with Crippen molar-refractivity contribution in [2.75, 3.05) is 33.3 Å². The molecule has 1 amide bonds. The second-order valence-corrected chi connectivity index (χ2v) is 6.93. The molecule has 132 valence electrons. The van der Waals surface area contributed by atoms with E-state index in [0.717, 1.165) is 39.0 Å². The van der Waals surface area contributed by atoms with E-state index in [4.69, 9.17) is 9.47 Å². The van der Waals surface area contributed by atoms with Gasteiger partial charge in [-0.25, -0.2) is 0 Å². The number of para-hydroxylation sites is 1. The summed E-state index contributed by atoms with van der Waals surface area (Å²) in [7, 11) is 1.61. The van der Waals surface area contributed by atoms with Crippen molar-refractivity contribution in [2.24, 2.45) is 0 Å². The van der Waals surface area contributed by atoms with E-state index in [0.29, 0.717) is 29.6 Å². The molecule has 0 aromatic heterocycles. The van der Waals surface area contributed by atoms with Gasteiger partial charge in [0, 0.05) is 32.2 Å². The fraction of sp³-hybridized carbons (Fsp3) is 0.632. The van der Waals surface area contributed by atoms with E-state index >= 15 is 0 Å². The topological polar surface area (TPSA) is 42.0 Å². The van der Waals surface area contributed by atoms with Crippen LogP contribution in [0.1, 0.15) is 37.0 Å². The summed E-state index contributed by atoms with van der Waals surface area (Å²) in [5.41, 5.74) is 0.659. The highest BCUT2D eigenvalue weighted by molar-refractivity contribution is 5.97. The predicted molar refractivity (Wildman–Crippen MR) is 93.5 cm³/mol. The molecule has 0 radical (unpaired) electrons. The van der Waals surface area contributed by atoms with E-state index in [-0.39, 0.29) is 5.91 Å². The van der Waals surface area contributed by atoms with Gasteiger partial charge in [0.05, 0.1) is 24.9 Å². The minimum absolute atomic E-state index is 0.0783. The summed E-state index contributed by atoms with van der Waals surface area (Å²) in [5, 5.41) is 0. The Balaban J connectivity index is 1.59. The third-order valence-electron chi connectivity index (χ3n) is 5.05. The molecule has 5 heteroatoms. The molecule has 24 heavy (non-hydrogen) atoms. The normalized spacial score (nSPS) is 26.4. The molecule has 2 aliphatic heterocycles. The molecular formula is C19H28N2O3. The average Bonchev–Trinajstić information content (AvgIpc) is 2.60. The molecule has 2 fully saturated rings. The summed E-state index contributed by atoms with van der Waals surface area (Å²) in [6.07, 6.45) is 2.64. The monoisotopic (exact) mass is 332 g/mol. The number of hydrogen-bond acceptors (Lipinski definition) is 4. The molecule has 0 N–H and O–H groups in total. The Kier molecular flexibility index (Phi) is 5.41. The van der Waals surface area contributed by atoms with Gasteiger partial charge in [0.15, 0.2) is 0 Å². The fourth-order valence-electron chi connectivity index (χ4n) is 3.94. The van der Waals surface area contributed by atoms with Gasteiger partial charge in [-0.2, -0.15) is 0 Å². The molecular weight excluding hydrogens is 304 g/mol. The van der Waals surface area contributed by atoms with Gasteiger partial charge in [-0.15, -0.1) is 0 Å². The number of amides is 1. The Bertz CT molecular complexity index is 559. The summed E-state index contributed by atoms with van der Waals surface area (Å²) >= 11 is 0. The SMILES string of the molecule is COc1ccccc1C(=O)N1CCC(N2C[C@@H](C)O[C@@H](C)C2)CC1. The van der Waals surface area contributed by atoms with Crippen LogP contribution in [-0.2, 0) is 4.74 Å². The fourth-order valence-corrected chi connectivity index (χ4v) is 3.94. The molecule has 0 saturated carbocycles. The van der Waals surface area contributed by atoms with Crippen molar-refractivity contribution in [1.82, 2.24) is 9.80 Å². The number of piperidine rings is 1. The van der Waals surface area contributed by atoms with Crippen molar-refractivity contribution >= 4 is 5.91 Å². The first kappa shape index (κ1) is 17.2. The third kappa shape index (κ3) is 3.73. The lowest BCUT2D eigenvalue weighted by molar-refractivity contribution is -0.0856. The molecule has 1 aromatic rings. The van der Waals surface area contributed by atoms with Gasteiger partial charge in [-0.05, 0) is 38.8 Å². The van der Waals surface area contributed by atoms with E-state index in [1.165, 1.54) is 0 Å². The van der Waals surface area contributed by atoms with E-state index < -0.39 is 0 Å². The zero-order chi connectivity index (χ0) is 17.1. The quantitative estimate of drug-likeness (QED) is 0.852. The van der Waals surface area contributed by atoms with Crippen molar-refractivity contribution in [1.29, 1.82) is 0 Å². The molecule has 2 atom stereocenters. The van der Waals surface area contributed by atoms with E-state index in [1.54, 1.807) is 7.11 Å². The maximum absolute atomic E-state index is 12.8. The molecule has 0 spiro atoms. The lowest BCUT2D eigenvalue weighted by Gasteiger charge is -2.43. The zero-order valence-corrected chi connectivity index (χ0v) is 14.9. The summed E-state index contributed by atoms with van der Waals surface area (Å²) in [6, 6.07) is 8.02. The van der Waals surface area contributed by atoms with Crippen molar-refractivity contribution in [3.63, 3.8) is 0 Å². The van der Waals surface area contributed by atoms with Crippen molar-refractivity contribution < 1.29 is 14.3 Å². The summed E-state index contributed by atoms with van der Waals surface area (Å²) in [4.78, 5) is 17.3. The van der Waals surface area contributed by atoms with E-state index in [9.17, 15) is 4.79 Å². The van der Waals surface area contributed by atoms with Crippen molar-refractivity contribution in [2.45, 2.75) is 44.9 Å². The number of carbonyl (C=O) groups excluding carboxylic acids is 1. The molecule has 2 aliphatic rings. The molecule has 5 nitrogen and oxygen atoms in total. The largest absolute Gasteiger partial charge is 0.496 e. The van der Waals surface area contributed by atoms with Crippen LogP contribution >= 0.6 is 0 Å². The first-order valence-electron chi connectivity index (χ1n) is 8.90. The molecule has 0 bridgehead atoms. The van der Waals surface area contributed by atoms with Crippen LogP contribution in [0.2, 0.25) is 0 Å². The number of hydrogen-bond donors (Lipinski definition) is 0. The zero-order valence-electron chi connectivity index (χ0n) is 14.9. The lowest BCUT2D eigenvalue weighted by Crippen LogP contribution is -2.53. The van der Waals surface area contributed by atoms with Crippen molar-refractivity contribution in [3.8, 4) is 5.75 Å². The number of methoxy groups -OCH3 is 1.